The van der Waals surface area contributed by atoms with Gasteiger partial charge in [-0.2, -0.15) is 0 Å². The Balaban J connectivity index is 2.73. The molecule has 0 aromatic heterocycles. The molecule has 0 bridgehead atoms. The molecule has 17 heteroatoms. The van der Waals surface area contributed by atoms with Crippen molar-refractivity contribution in [1.82, 2.24) is 21.3 Å². The zero-order chi connectivity index (χ0) is 32.3. The van der Waals surface area contributed by atoms with Crippen LogP contribution in [0.2, 0.25) is 0 Å². The van der Waals surface area contributed by atoms with Crippen LogP contribution >= 0.6 is 0 Å². The van der Waals surface area contributed by atoms with E-state index in [2.05, 4.69) is 21.3 Å². The number of hydrogen-bond donors (Lipinski definition) is 8. The van der Waals surface area contributed by atoms with Crippen LogP contribution in [0.5, 0.6) is 0 Å². The molecule has 1 saturated heterocycles. The molecule has 0 saturated carbocycles. The Morgan fingerprint density at radius 1 is 0.929 bits per heavy atom. The topological polar surface area (TPSA) is 265 Å². The number of carbonyl (C=O) groups is 6. The maximum Gasteiger partial charge on any atom is 0.328 e. The van der Waals surface area contributed by atoms with Gasteiger partial charge in [0.25, 0.3) is 0 Å². The summed E-state index contributed by atoms with van der Waals surface area (Å²) in [6.07, 6.45) is -8.00. The van der Waals surface area contributed by atoms with Crippen molar-refractivity contribution in [2.75, 3.05) is 6.61 Å². The first-order valence-corrected chi connectivity index (χ1v) is 13.4. The largest absolute Gasteiger partial charge is 0.461 e. The van der Waals surface area contributed by atoms with E-state index in [0.29, 0.717) is 0 Å². The Bertz CT molecular complexity index is 979. The zero-order valence-corrected chi connectivity index (χ0v) is 24.5. The van der Waals surface area contributed by atoms with E-state index in [-0.39, 0.29) is 18.9 Å². The summed E-state index contributed by atoms with van der Waals surface area (Å²) in [7, 11) is 0. The number of rotatable bonds is 15. The highest BCUT2D eigenvalue weighted by Gasteiger charge is 2.47. The first-order valence-electron chi connectivity index (χ1n) is 13.4. The van der Waals surface area contributed by atoms with Crippen LogP contribution in [0, 0.1) is 0 Å². The summed E-state index contributed by atoms with van der Waals surface area (Å²) in [4.78, 5) is 72.9. The molecule has 9 atom stereocenters. The number of ether oxygens (including phenoxy) is 3. The molecule has 0 radical (unpaired) electrons. The minimum absolute atomic E-state index is 0.195. The molecule has 0 aliphatic carbocycles. The first kappa shape index (κ1) is 36.6. The van der Waals surface area contributed by atoms with Gasteiger partial charge in [0.2, 0.25) is 29.5 Å². The number of esters is 1. The molecule has 42 heavy (non-hydrogen) atoms. The summed E-state index contributed by atoms with van der Waals surface area (Å²) in [5.74, 6) is -4.39. The number of hydrogen-bond acceptors (Lipinski definition) is 12. The summed E-state index contributed by atoms with van der Waals surface area (Å²) in [5, 5.41) is 39.7. The highest BCUT2D eigenvalue weighted by Crippen LogP contribution is 2.23. The number of nitrogens with one attached hydrogen (secondary N) is 4. The van der Waals surface area contributed by atoms with Gasteiger partial charge in [-0.05, 0) is 41.0 Å². The third-order valence-corrected chi connectivity index (χ3v) is 6.13. The number of carbonyl (C=O) groups excluding carboxylic acids is 6. The Labute approximate surface area is 243 Å². The standard InChI is InChI=1S/C25H43N5O12/c1-10(2)40-24(38)12(4)27-17(33)8-7-15(21(26)35)30-22(36)11(3)28-23(37)13(5)41-20-18(29-14(6)32)25(39)42-16(9-31)19(20)34/h10-13,15-16,18-20,25,31,34,39H,7-9H2,1-6H3,(H2,26,35)(H,27,33)(H,28,37)(H,29,32)(H,30,36)/t11-,12-,13+,15+,16?,18?,19?,20?,25?/m0/s1. The van der Waals surface area contributed by atoms with Crippen LogP contribution in [-0.2, 0) is 43.0 Å². The SMILES string of the molecule is CC(=O)NC1C(O)OC(CO)C(O)C1O[C@H](C)C(=O)N[C@@H](C)C(=O)N[C@H](CCC(=O)N[C@@H](C)C(=O)OC(C)C)C(N)=O. The second-order valence-electron chi connectivity index (χ2n) is 10.2. The molecule has 0 spiro atoms. The average molecular weight is 606 g/mol. The first-order chi connectivity index (χ1) is 19.5. The van der Waals surface area contributed by atoms with E-state index >= 15 is 0 Å². The minimum atomic E-state index is -1.66. The summed E-state index contributed by atoms with van der Waals surface area (Å²) in [6, 6.07) is -4.71. The van der Waals surface area contributed by atoms with Gasteiger partial charge in [0.15, 0.2) is 6.29 Å². The molecule has 0 aromatic rings. The van der Waals surface area contributed by atoms with Gasteiger partial charge in [0, 0.05) is 13.3 Å². The van der Waals surface area contributed by atoms with Crippen molar-refractivity contribution < 1.29 is 58.3 Å². The van der Waals surface area contributed by atoms with Crippen molar-refractivity contribution in [3.05, 3.63) is 0 Å². The summed E-state index contributed by atoms with van der Waals surface area (Å²) >= 11 is 0. The fraction of sp³-hybridized carbons (Fsp3) is 0.760. The van der Waals surface area contributed by atoms with E-state index in [1.54, 1.807) is 13.8 Å². The van der Waals surface area contributed by atoms with Crippen LogP contribution in [0.15, 0.2) is 0 Å². The van der Waals surface area contributed by atoms with Crippen molar-refractivity contribution in [2.45, 2.75) is 115 Å². The summed E-state index contributed by atoms with van der Waals surface area (Å²) in [6.45, 7) is 7.80. The molecule has 1 heterocycles. The maximum atomic E-state index is 12.7. The van der Waals surface area contributed by atoms with E-state index in [9.17, 15) is 44.1 Å². The third kappa shape index (κ3) is 11.5. The number of aliphatic hydroxyl groups is 3. The number of nitrogens with two attached hydrogens (primary N) is 1. The smallest absolute Gasteiger partial charge is 0.328 e. The van der Waals surface area contributed by atoms with Gasteiger partial charge in [0.05, 0.1) is 12.7 Å². The van der Waals surface area contributed by atoms with Crippen LogP contribution < -0.4 is 27.0 Å². The van der Waals surface area contributed by atoms with E-state index in [1.807, 2.05) is 0 Å². The van der Waals surface area contributed by atoms with Crippen molar-refractivity contribution in [1.29, 1.82) is 0 Å². The van der Waals surface area contributed by atoms with E-state index in [1.165, 1.54) is 20.8 Å². The van der Waals surface area contributed by atoms with Crippen molar-refractivity contribution in [3.8, 4) is 0 Å². The van der Waals surface area contributed by atoms with E-state index in [4.69, 9.17) is 19.9 Å². The summed E-state index contributed by atoms with van der Waals surface area (Å²) < 4.78 is 15.7. The Kier molecular flexibility index (Phi) is 14.8. The third-order valence-electron chi connectivity index (χ3n) is 6.13. The highest BCUT2D eigenvalue weighted by molar-refractivity contribution is 5.92. The van der Waals surface area contributed by atoms with E-state index < -0.39 is 97.0 Å². The lowest BCUT2D eigenvalue weighted by molar-refractivity contribution is -0.266. The average Bonchev–Trinajstić information content (AvgIpc) is 2.88. The van der Waals surface area contributed by atoms with Gasteiger partial charge in [-0.25, -0.2) is 4.79 Å². The fourth-order valence-electron chi connectivity index (χ4n) is 3.89. The van der Waals surface area contributed by atoms with Crippen molar-refractivity contribution in [2.24, 2.45) is 5.73 Å². The molecule has 5 unspecified atom stereocenters. The molecule has 1 fully saturated rings. The molecule has 1 aliphatic heterocycles. The van der Waals surface area contributed by atoms with Gasteiger partial charge in [-0.3, -0.25) is 24.0 Å². The molecule has 9 N–H and O–H groups in total. The highest BCUT2D eigenvalue weighted by atomic mass is 16.6. The number of amides is 5. The molecular weight excluding hydrogens is 562 g/mol. The van der Waals surface area contributed by atoms with Crippen LogP contribution in [0.4, 0.5) is 0 Å². The van der Waals surface area contributed by atoms with Crippen LogP contribution in [0.1, 0.15) is 54.4 Å². The van der Waals surface area contributed by atoms with E-state index in [0.717, 1.165) is 6.92 Å². The maximum absolute atomic E-state index is 12.7. The lowest BCUT2D eigenvalue weighted by Crippen LogP contribution is -2.65. The molecule has 240 valence electrons. The minimum Gasteiger partial charge on any atom is -0.461 e. The molecule has 0 aromatic carbocycles. The van der Waals surface area contributed by atoms with Gasteiger partial charge in [-0.15, -0.1) is 0 Å². The Hall–Kier alpha value is -3.38. The molecular formula is C25H43N5O12. The van der Waals surface area contributed by atoms with Gasteiger partial charge >= 0.3 is 5.97 Å². The lowest BCUT2D eigenvalue weighted by atomic mass is 9.96. The van der Waals surface area contributed by atoms with Crippen LogP contribution in [0.25, 0.3) is 0 Å². The predicted octanol–water partition coefficient (Wildman–Crippen LogP) is -3.95. The van der Waals surface area contributed by atoms with Crippen molar-refractivity contribution >= 4 is 35.5 Å². The van der Waals surface area contributed by atoms with Gasteiger partial charge in [-0.1, -0.05) is 0 Å². The summed E-state index contributed by atoms with van der Waals surface area (Å²) in [5.41, 5.74) is 5.35. The normalized spacial score (nSPS) is 24.9. The molecule has 1 rings (SSSR count). The second kappa shape index (κ2) is 16.9. The monoisotopic (exact) mass is 605 g/mol. The Morgan fingerprint density at radius 3 is 2.07 bits per heavy atom. The number of aliphatic hydroxyl groups excluding tert-OH is 3. The Morgan fingerprint density at radius 2 is 1.55 bits per heavy atom. The van der Waals surface area contributed by atoms with Crippen LogP contribution in [0.3, 0.4) is 0 Å². The second-order valence-corrected chi connectivity index (χ2v) is 10.2. The molecule has 1 aliphatic rings. The van der Waals surface area contributed by atoms with Crippen LogP contribution in [-0.4, -0.2) is 118 Å². The van der Waals surface area contributed by atoms with Gasteiger partial charge < -0.3 is 56.5 Å². The zero-order valence-electron chi connectivity index (χ0n) is 24.5. The quantitative estimate of drug-likeness (QED) is 0.0831. The van der Waals surface area contributed by atoms with Crippen molar-refractivity contribution in [3.63, 3.8) is 0 Å². The fourth-order valence-corrected chi connectivity index (χ4v) is 3.89. The molecule has 5 amide bonds. The predicted molar refractivity (Wildman–Crippen MR) is 143 cm³/mol. The number of primary amides is 1. The van der Waals surface area contributed by atoms with Gasteiger partial charge in [0.1, 0.15) is 48.6 Å². The molecule has 17 nitrogen and oxygen atoms in total. The lowest BCUT2D eigenvalue weighted by Gasteiger charge is -2.43.